The third-order valence-corrected chi connectivity index (χ3v) is 5.76. The minimum Gasteiger partial charge on any atom is -0.508 e. The second kappa shape index (κ2) is 9.32. The molecule has 2 aliphatic rings. The summed E-state index contributed by atoms with van der Waals surface area (Å²) < 4.78 is 5.87. The van der Waals surface area contributed by atoms with Crippen LogP contribution >= 0.6 is 0 Å². The Morgan fingerprint density at radius 2 is 2.03 bits per heavy atom. The lowest BCUT2D eigenvalue weighted by Gasteiger charge is -2.26. The van der Waals surface area contributed by atoms with Crippen molar-refractivity contribution in [3.63, 3.8) is 0 Å². The fourth-order valence-electron chi connectivity index (χ4n) is 4.14. The van der Waals surface area contributed by atoms with Gasteiger partial charge in [-0.15, -0.1) is 0 Å². The Balaban J connectivity index is 1.57. The summed E-state index contributed by atoms with van der Waals surface area (Å²) >= 11 is 0. The highest BCUT2D eigenvalue weighted by atomic mass is 16.5. The summed E-state index contributed by atoms with van der Waals surface area (Å²) in [6, 6.07) is 11.1. The van der Waals surface area contributed by atoms with Crippen molar-refractivity contribution in [2.75, 3.05) is 37.8 Å². The van der Waals surface area contributed by atoms with Crippen LogP contribution in [0.25, 0.3) is 0 Å². The van der Waals surface area contributed by atoms with Crippen molar-refractivity contribution in [1.29, 1.82) is 0 Å². The molecule has 1 heterocycles. The number of fused-ring (bicyclic) bond motifs is 1. The highest BCUT2D eigenvalue weighted by Crippen LogP contribution is 2.40. The maximum Gasteiger partial charge on any atom is 0.267 e. The molecular weight excluding hydrogens is 390 g/mol. The molecule has 3 N–H and O–H groups in total. The molecule has 0 aromatic heterocycles. The van der Waals surface area contributed by atoms with E-state index in [4.69, 9.17) is 4.74 Å². The molecule has 6 nitrogen and oxygen atoms in total. The Labute approximate surface area is 183 Å². The number of nitrogens with one attached hydrogen (secondary N) is 2. The molecule has 31 heavy (non-hydrogen) atoms. The van der Waals surface area contributed by atoms with Gasteiger partial charge in [-0.2, -0.15) is 0 Å². The third kappa shape index (κ3) is 4.95. The van der Waals surface area contributed by atoms with Crippen LogP contribution in [0.1, 0.15) is 42.7 Å². The lowest BCUT2D eigenvalue weighted by molar-refractivity contribution is -0.122. The van der Waals surface area contributed by atoms with Gasteiger partial charge in [0.2, 0.25) is 0 Å². The van der Waals surface area contributed by atoms with E-state index in [1.54, 1.807) is 6.07 Å². The fourth-order valence-corrected chi connectivity index (χ4v) is 4.14. The molecule has 1 aliphatic carbocycles. The predicted molar refractivity (Wildman–Crippen MR) is 123 cm³/mol. The zero-order valence-electron chi connectivity index (χ0n) is 18.1. The monoisotopic (exact) mass is 419 g/mol. The topological polar surface area (TPSA) is 73.8 Å². The standard InChI is InChI=1S/C25H29N3O3/c1-28(2)13-7-10-18-14-19(17-8-3-4-9-17)22(29)15-21(18)27-25(30)24-16-26-20-11-5-6-12-23(20)31-24/h5-6,11-12,14-15,17,24,26,29H,3-4,8-9,13,16H2,1-2H3,(H,27,30)/t24-/m0/s1. The van der Waals surface area contributed by atoms with Crippen LogP contribution in [0.5, 0.6) is 11.5 Å². The van der Waals surface area contributed by atoms with Crippen LogP contribution in [0.4, 0.5) is 11.4 Å². The molecule has 0 radical (unpaired) electrons. The van der Waals surface area contributed by atoms with Gasteiger partial charge < -0.3 is 20.5 Å². The number of phenols is 1. The molecule has 162 valence electrons. The van der Waals surface area contributed by atoms with E-state index < -0.39 is 6.10 Å². The first-order valence-corrected chi connectivity index (χ1v) is 10.8. The normalized spacial score (nSPS) is 17.8. The minimum absolute atomic E-state index is 0.216. The molecule has 1 atom stereocenters. The van der Waals surface area contributed by atoms with Crippen LogP contribution < -0.4 is 15.4 Å². The average molecular weight is 420 g/mol. The number of carbonyl (C=O) groups excluding carboxylic acids is 1. The molecule has 2 aromatic rings. The van der Waals surface area contributed by atoms with Gasteiger partial charge in [-0.25, -0.2) is 0 Å². The quantitative estimate of drug-likeness (QED) is 0.658. The largest absolute Gasteiger partial charge is 0.508 e. The van der Waals surface area contributed by atoms with Crippen LogP contribution in [-0.4, -0.2) is 49.2 Å². The van der Waals surface area contributed by atoms with Crippen LogP contribution in [0, 0.1) is 11.8 Å². The molecule has 1 fully saturated rings. The molecule has 0 bridgehead atoms. The van der Waals surface area contributed by atoms with E-state index in [-0.39, 0.29) is 11.7 Å². The van der Waals surface area contributed by atoms with Crippen LogP contribution in [0.15, 0.2) is 36.4 Å². The van der Waals surface area contributed by atoms with Crippen molar-refractivity contribution >= 4 is 17.3 Å². The molecule has 0 unspecified atom stereocenters. The first kappa shape index (κ1) is 21.1. The smallest absolute Gasteiger partial charge is 0.267 e. The third-order valence-electron chi connectivity index (χ3n) is 5.76. The number of phenolic OH excluding ortho intramolecular Hbond substituents is 1. The van der Waals surface area contributed by atoms with Gasteiger partial charge in [0.05, 0.1) is 24.5 Å². The lowest BCUT2D eigenvalue weighted by atomic mass is 9.94. The van der Waals surface area contributed by atoms with Gasteiger partial charge in [-0.05, 0) is 56.6 Å². The maximum atomic E-state index is 12.9. The summed E-state index contributed by atoms with van der Waals surface area (Å²) in [5, 5.41) is 16.8. The lowest BCUT2D eigenvalue weighted by Crippen LogP contribution is -2.41. The van der Waals surface area contributed by atoms with Gasteiger partial charge in [0.1, 0.15) is 11.5 Å². The van der Waals surface area contributed by atoms with Crippen molar-refractivity contribution in [2.24, 2.45) is 0 Å². The van der Waals surface area contributed by atoms with E-state index >= 15 is 0 Å². The Morgan fingerprint density at radius 1 is 1.26 bits per heavy atom. The van der Waals surface area contributed by atoms with Crippen molar-refractivity contribution in [3.05, 3.63) is 47.5 Å². The van der Waals surface area contributed by atoms with Gasteiger partial charge in [0.15, 0.2) is 6.10 Å². The van der Waals surface area contributed by atoms with Crippen LogP contribution in [-0.2, 0) is 4.79 Å². The molecule has 1 aliphatic heterocycles. The van der Waals surface area contributed by atoms with E-state index in [1.165, 1.54) is 12.8 Å². The zero-order valence-corrected chi connectivity index (χ0v) is 18.1. The maximum absolute atomic E-state index is 12.9. The number of ether oxygens (including phenoxy) is 1. The van der Waals surface area contributed by atoms with Crippen molar-refractivity contribution < 1.29 is 14.6 Å². The van der Waals surface area contributed by atoms with Crippen molar-refractivity contribution in [1.82, 2.24) is 4.90 Å². The number of anilines is 2. The van der Waals surface area contributed by atoms with Gasteiger partial charge >= 0.3 is 0 Å². The van der Waals surface area contributed by atoms with Gasteiger partial charge in [-0.3, -0.25) is 9.69 Å². The minimum atomic E-state index is -0.672. The molecule has 0 saturated heterocycles. The van der Waals surface area contributed by atoms with Gasteiger partial charge in [0.25, 0.3) is 5.91 Å². The SMILES string of the molecule is CN(C)CC#Cc1cc(C2CCCC2)c(O)cc1NC(=O)[C@@H]1CNc2ccccc2O1. The Morgan fingerprint density at radius 3 is 2.81 bits per heavy atom. The van der Waals surface area contributed by atoms with E-state index in [0.717, 1.165) is 29.7 Å². The summed E-state index contributed by atoms with van der Waals surface area (Å²) in [6.45, 7) is 0.982. The number of nitrogens with zero attached hydrogens (tertiary/aromatic N) is 1. The Hall–Kier alpha value is -3.17. The first-order valence-electron chi connectivity index (χ1n) is 10.8. The highest BCUT2D eigenvalue weighted by molar-refractivity contribution is 5.96. The average Bonchev–Trinajstić information content (AvgIpc) is 3.29. The highest BCUT2D eigenvalue weighted by Gasteiger charge is 2.27. The van der Waals surface area contributed by atoms with Gasteiger partial charge in [0, 0.05) is 11.6 Å². The summed E-state index contributed by atoms with van der Waals surface area (Å²) in [5.74, 6) is 7.27. The number of aromatic hydroxyl groups is 1. The van der Waals surface area contributed by atoms with E-state index in [1.807, 2.05) is 49.3 Å². The molecule has 0 spiro atoms. The predicted octanol–water partition coefficient (Wildman–Crippen LogP) is 3.77. The molecule has 1 saturated carbocycles. The van der Waals surface area contributed by atoms with E-state index in [2.05, 4.69) is 22.5 Å². The number of rotatable bonds is 4. The second-order valence-electron chi connectivity index (χ2n) is 8.45. The Kier molecular flexibility index (Phi) is 6.34. The number of para-hydroxylation sites is 2. The van der Waals surface area contributed by atoms with Crippen LogP contribution in [0.3, 0.4) is 0 Å². The van der Waals surface area contributed by atoms with Crippen molar-refractivity contribution in [3.8, 4) is 23.3 Å². The van der Waals surface area contributed by atoms with E-state index in [0.29, 0.717) is 30.4 Å². The summed E-state index contributed by atoms with van der Waals surface area (Å²) in [5.41, 5.74) is 3.03. The number of hydrogen-bond donors (Lipinski definition) is 3. The molecule has 2 aromatic carbocycles. The number of carbonyl (C=O) groups is 1. The summed E-state index contributed by atoms with van der Waals surface area (Å²) in [6.07, 6.45) is 3.83. The molecule has 1 amide bonds. The first-order chi connectivity index (χ1) is 15.0. The molecule has 6 heteroatoms. The molecular formula is C25H29N3O3. The Bertz CT molecular complexity index is 1020. The number of amides is 1. The fraction of sp³-hybridized carbons (Fsp3) is 0.400. The summed E-state index contributed by atoms with van der Waals surface area (Å²) in [7, 11) is 3.92. The van der Waals surface area contributed by atoms with Crippen molar-refractivity contribution in [2.45, 2.75) is 37.7 Å². The number of hydrogen-bond acceptors (Lipinski definition) is 5. The summed E-state index contributed by atoms with van der Waals surface area (Å²) in [4.78, 5) is 14.9. The molecule has 4 rings (SSSR count). The van der Waals surface area contributed by atoms with Gasteiger partial charge in [-0.1, -0.05) is 36.8 Å². The second-order valence-corrected chi connectivity index (χ2v) is 8.45. The van der Waals surface area contributed by atoms with E-state index in [9.17, 15) is 9.90 Å². The van der Waals surface area contributed by atoms with Crippen LogP contribution in [0.2, 0.25) is 0 Å². The zero-order chi connectivity index (χ0) is 21.8. The number of benzene rings is 2.